The van der Waals surface area contributed by atoms with Gasteiger partial charge in [-0.1, -0.05) is 0 Å². The number of nitrogens with zero attached hydrogens (tertiary/aromatic N) is 1. The molecule has 1 aromatic heterocycles. The smallest absolute Gasteiger partial charge is 0.0794 e. The Balaban J connectivity index is 1.81. The predicted octanol–water partition coefficient (Wildman–Crippen LogP) is 1.09. The SMILES string of the molecule is NNC(Cc1cncs1)CC1CCCO1. The van der Waals surface area contributed by atoms with Crippen molar-refractivity contribution in [2.45, 2.75) is 37.8 Å². The maximum atomic E-state index is 5.60. The third-order valence-corrected chi connectivity index (χ3v) is 3.54. The van der Waals surface area contributed by atoms with Gasteiger partial charge in [0.05, 0.1) is 11.6 Å². The molecule has 15 heavy (non-hydrogen) atoms. The van der Waals surface area contributed by atoms with Gasteiger partial charge in [-0.3, -0.25) is 16.3 Å². The van der Waals surface area contributed by atoms with Gasteiger partial charge in [-0.25, -0.2) is 0 Å². The van der Waals surface area contributed by atoms with Gasteiger partial charge in [-0.2, -0.15) is 0 Å². The van der Waals surface area contributed by atoms with E-state index in [1.54, 1.807) is 11.3 Å². The van der Waals surface area contributed by atoms with E-state index in [9.17, 15) is 0 Å². The lowest BCUT2D eigenvalue weighted by molar-refractivity contribution is 0.0947. The van der Waals surface area contributed by atoms with Gasteiger partial charge in [0, 0.05) is 30.1 Å². The molecular weight excluding hydrogens is 210 g/mol. The van der Waals surface area contributed by atoms with Crippen LogP contribution in [0.4, 0.5) is 0 Å². The van der Waals surface area contributed by atoms with E-state index in [2.05, 4.69) is 10.4 Å². The molecule has 2 rings (SSSR count). The largest absolute Gasteiger partial charge is 0.378 e. The molecule has 2 unspecified atom stereocenters. The van der Waals surface area contributed by atoms with Crippen LogP contribution >= 0.6 is 11.3 Å². The third kappa shape index (κ3) is 3.24. The van der Waals surface area contributed by atoms with Gasteiger partial charge in [-0.15, -0.1) is 11.3 Å². The number of nitrogens with two attached hydrogens (primary N) is 1. The van der Waals surface area contributed by atoms with Crippen molar-refractivity contribution < 1.29 is 4.74 Å². The molecule has 1 fully saturated rings. The molecule has 1 saturated heterocycles. The maximum Gasteiger partial charge on any atom is 0.0794 e. The van der Waals surface area contributed by atoms with E-state index in [0.29, 0.717) is 12.1 Å². The summed E-state index contributed by atoms with van der Waals surface area (Å²) in [6.45, 7) is 0.905. The molecule has 1 aromatic rings. The average Bonchev–Trinajstić information content (AvgIpc) is 2.89. The highest BCUT2D eigenvalue weighted by Crippen LogP contribution is 2.19. The summed E-state index contributed by atoms with van der Waals surface area (Å²) in [6, 6.07) is 0.300. The quantitative estimate of drug-likeness (QED) is 0.584. The first kappa shape index (κ1) is 11.0. The van der Waals surface area contributed by atoms with Crippen molar-refractivity contribution in [2.24, 2.45) is 5.84 Å². The summed E-state index contributed by atoms with van der Waals surface area (Å²) in [5.41, 5.74) is 4.72. The molecule has 2 atom stereocenters. The fraction of sp³-hybridized carbons (Fsp3) is 0.700. The van der Waals surface area contributed by atoms with Crippen LogP contribution in [0.1, 0.15) is 24.1 Å². The van der Waals surface area contributed by atoms with Gasteiger partial charge < -0.3 is 4.74 Å². The van der Waals surface area contributed by atoms with Crippen molar-refractivity contribution in [3.63, 3.8) is 0 Å². The molecule has 0 aromatic carbocycles. The molecule has 84 valence electrons. The first-order valence-electron chi connectivity index (χ1n) is 5.33. The molecule has 1 aliphatic heterocycles. The van der Waals surface area contributed by atoms with Crippen LogP contribution < -0.4 is 11.3 Å². The molecule has 0 aliphatic carbocycles. The Morgan fingerprint density at radius 3 is 3.27 bits per heavy atom. The summed E-state index contributed by atoms with van der Waals surface area (Å²) < 4.78 is 5.60. The molecule has 2 heterocycles. The highest BCUT2D eigenvalue weighted by Gasteiger charge is 2.20. The average molecular weight is 227 g/mol. The van der Waals surface area contributed by atoms with Crippen molar-refractivity contribution >= 4 is 11.3 Å². The highest BCUT2D eigenvalue weighted by atomic mass is 32.1. The minimum Gasteiger partial charge on any atom is -0.378 e. The Bertz CT molecular complexity index is 272. The fourth-order valence-electron chi connectivity index (χ4n) is 1.94. The van der Waals surface area contributed by atoms with Crippen LogP contribution in [-0.2, 0) is 11.2 Å². The lowest BCUT2D eigenvalue weighted by Crippen LogP contribution is -2.39. The molecule has 0 amide bonds. The highest BCUT2D eigenvalue weighted by molar-refractivity contribution is 7.09. The second kappa shape index (κ2) is 5.55. The maximum absolute atomic E-state index is 5.60. The minimum absolute atomic E-state index is 0.300. The van der Waals surface area contributed by atoms with Crippen LogP contribution in [0.5, 0.6) is 0 Å². The topological polar surface area (TPSA) is 60.2 Å². The molecule has 1 aliphatic rings. The van der Waals surface area contributed by atoms with Gasteiger partial charge in [0.15, 0.2) is 0 Å². The number of hydrogen-bond donors (Lipinski definition) is 2. The first-order valence-corrected chi connectivity index (χ1v) is 6.21. The van der Waals surface area contributed by atoms with Crippen molar-refractivity contribution in [1.29, 1.82) is 0 Å². The fourth-order valence-corrected chi connectivity index (χ4v) is 2.62. The summed E-state index contributed by atoms with van der Waals surface area (Å²) >= 11 is 1.68. The number of aromatic nitrogens is 1. The van der Waals surface area contributed by atoms with Crippen LogP contribution in [-0.4, -0.2) is 23.7 Å². The number of hydrazine groups is 1. The van der Waals surface area contributed by atoms with E-state index in [1.165, 1.54) is 17.7 Å². The minimum atomic E-state index is 0.300. The normalized spacial score (nSPS) is 23.1. The zero-order chi connectivity index (χ0) is 10.5. The Labute approximate surface area is 93.8 Å². The van der Waals surface area contributed by atoms with Crippen LogP contribution in [0.2, 0.25) is 0 Å². The van der Waals surface area contributed by atoms with Gasteiger partial charge in [-0.05, 0) is 19.3 Å². The summed E-state index contributed by atoms with van der Waals surface area (Å²) in [6.07, 6.45) is 6.59. The Morgan fingerprint density at radius 1 is 1.73 bits per heavy atom. The van der Waals surface area contributed by atoms with E-state index in [4.69, 9.17) is 10.6 Å². The number of rotatable bonds is 5. The van der Waals surface area contributed by atoms with E-state index < -0.39 is 0 Å². The summed E-state index contributed by atoms with van der Waals surface area (Å²) in [5, 5.41) is 0. The van der Waals surface area contributed by atoms with Crippen molar-refractivity contribution in [2.75, 3.05) is 6.61 Å². The van der Waals surface area contributed by atoms with Crippen molar-refractivity contribution in [1.82, 2.24) is 10.4 Å². The van der Waals surface area contributed by atoms with Crippen LogP contribution in [0.15, 0.2) is 11.7 Å². The van der Waals surface area contributed by atoms with E-state index in [-0.39, 0.29) is 0 Å². The van der Waals surface area contributed by atoms with Crippen molar-refractivity contribution in [3.8, 4) is 0 Å². The first-order chi connectivity index (χ1) is 7.38. The van der Waals surface area contributed by atoms with Gasteiger partial charge in [0.1, 0.15) is 0 Å². The van der Waals surface area contributed by atoms with Crippen LogP contribution in [0, 0.1) is 0 Å². The molecule has 0 saturated carbocycles. The number of nitrogens with one attached hydrogen (secondary N) is 1. The zero-order valence-electron chi connectivity index (χ0n) is 8.69. The van der Waals surface area contributed by atoms with E-state index >= 15 is 0 Å². The Kier molecular flexibility index (Phi) is 4.08. The third-order valence-electron chi connectivity index (χ3n) is 2.74. The number of thiazole rings is 1. The van der Waals surface area contributed by atoms with Gasteiger partial charge in [0.25, 0.3) is 0 Å². The zero-order valence-corrected chi connectivity index (χ0v) is 9.50. The van der Waals surface area contributed by atoms with Crippen LogP contribution in [0.25, 0.3) is 0 Å². The summed E-state index contributed by atoms with van der Waals surface area (Å²) in [4.78, 5) is 5.33. The second-order valence-corrected chi connectivity index (χ2v) is 4.88. The number of ether oxygens (including phenoxy) is 1. The van der Waals surface area contributed by atoms with E-state index in [0.717, 1.165) is 19.4 Å². The van der Waals surface area contributed by atoms with Crippen LogP contribution in [0.3, 0.4) is 0 Å². The molecule has 4 nitrogen and oxygen atoms in total. The predicted molar refractivity (Wildman–Crippen MR) is 60.5 cm³/mol. The van der Waals surface area contributed by atoms with Crippen molar-refractivity contribution in [3.05, 3.63) is 16.6 Å². The molecule has 0 spiro atoms. The monoisotopic (exact) mass is 227 g/mol. The number of hydrogen-bond acceptors (Lipinski definition) is 5. The summed E-state index contributed by atoms with van der Waals surface area (Å²) in [5.74, 6) is 5.55. The molecule has 5 heteroatoms. The lowest BCUT2D eigenvalue weighted by Gasteiger charge is -2.18. The summed E-state index contributed by atoms with van der Waals surface area (Å²) in [7, 11) is 0. The standard InChI is InChI=1S/C10H17N3OS/c11-13-8(4-9-2-1-3-14-9)5-10-6-12-7-15-10/h6-9,13H,1-5,11H2. The molecule has 3 N–H and O–H groups in total. The Morgan fingerprint density at radius 2 is 2.67 bits per heavy atom. The van der Waals surface area contributed by atoms with Gasteiger partial charge in [0.2, 0.25) is 0 Å². The van der Waals surface area contributed by atoms with Gasteiger partial charge >= 0.3 is 0 Å². The van der Waals surface area contributed by atoms with E-state index in [1.807, 2.05) is 11.7 Å². The lowest BCUT2D eigenvalue weighted by atomic mass is 10.0. The molecule has 0 bridgehead atoms. The molecule has 0 radical (unpaired) electrons. The second-order valence-electron chi connectivity index (χ2n) is 3.91. The molecular formula is C10H17N3OS. The Hall–Kier alpha value is -0.490.